The first kappa shape index (κ1) is 14.1. The molecule has 1 heterocycles. The molecule has 2 rings (SSSR count). The number of hydrogen-bond donors (Lipinski definition) is 2. The van der Waals surface area contributed by atoms with Crippen LogP contribution in [0.15, 0.2) is 24.3 Å². The highest BCUT2D eigenvalue weighted by atomic mass is 35.5. The maximum atomic E-state index is 5.91. The molecule has 0 spiro atoms. The lowest BCUT2D eigenvalue weighted by Gasteiger charge is -2.15. The molecule has 0 radical (unpaired) electrons. The molecule has 0 amide bonds. The predicted octanol–water partition coefficient (Wildman–Crippen LogP) is 3.74. The summed E-state index contributed by atoms with van der Waals surface area (Å²) in [4.78, 5) is 8.09. The van der Waals surface area contributed by atoms with E-state index >= 15 is 0 Å². The fourth-order valence-electron chi connectivity index (χ4n) is 2.25. The number of nitrogens with one attached hydrogen (secondary N) is 1. The zero-order valence-electron chi connectivity index (χ0n) is 11.6. The summed E-state index contributed by atoms with van der Waals surface area (Å²) in [5.74, 6) is 1.70. The van der Waals surface area contributed by atoms with Crippen molar-refractivity contribution in [2.24, 2.45) is 11.7 Å². The van der Waals surface area contributed by atoms with Gasteiger partial charge in [-0.3, -0.25) is 0 Å². The number of rotatable bonds is 4. The minimum absolute atomic E-state index is 0.264. The zero-order valence-corrected chi connectivity index (χ0v) is 12.3. The van der Waals surface area contributed by atoms with Gasteiger partial charge in [-0.15, -0.1) is 0 Å². The maximum Gasteiger partial charge on any atom is 0.111 e. The number of benzene rings is 1. The average molecular weight is 278 g/mol. The van der Waals surface area contributed by atoms with Crippen molar-refractivity contribution in [3.05, 3.63) is 40.8 Å². The second-order valence-corrected chi connectivity index (χ2v) is 5.63. The molecule has 1 aromatic heterocycles. The van der Waals surface area contributed by atoms with Gasteiger partial charge in [-0.2, -0.15) is 0 Å². The minimum atomic E-state index is 0.264. The number of hydrogen-bond acceptors (Lipinski definition) is 2. The monoisotopic (exact) mass is 277 g/mol. The number of aryl methyl sites for hydroxylation is 1. The van der Waals surface area contributed by atoms with E-state index in [9.17, 15) is 0 Å². The van der Waals surface area contributed by atoms with Crippen molar-refractivity contribution in [2.75, 3.05) is 6.54 Å². The van der Waals surface area contributed by atoms with Crippen LogP contribution < -0.4 is 5.73 Å². The smallest absolute Gasteiger partial charge is 0.111 e. The van der Waals surface area contributed by atoms with Crippen LogP contribution in [0.5, 0.6) is 0 Å². The molecule has 0 fully saturated rings. The van der Waals surface area contributed by atoms with Gasteiger partial charge in [-0.05, 0) is 25.0 Å². The molecule has 1 aromatic carbocycles. The van der Waals surface area contributed by atoms with Crippen LogP contribution in [0.1, 0.15) is 31.3 Å². The van der Waals surface area contributed by atoms with E-state index in [1.807, 2.05) is 31.2 Å². The van der Waals surface area contributed by atoms with Crippen LogP contribution in [0.2, 0.25) is 5.02 Å². The highest BCUT2D eigenvalue weighted by molar-refractivity contribution is 6.30. The molecule has 1 unspecified atom stereocenters. The first-order valence-corrected chi connectivity index (χ1v) is 6.93. The van der Waals surface area contributed by atoms with Gasteiger partial charge in [0.2, 0.25) is 0 Å². The Labute approximate surface area is 119 Å². The van der Waals surface area contributed by atoms with E-state index in [2.05, 4.69) is 18.8 Å². The van der Waals surface area contributed by atoms with Gasteiger partial charge in [0.25, 0.3) is 0 Å². The van der Waals surface area contributed by atoms with Crippen molar-refractivity contribution in [1.82, 2.24) is 9.97 Å². The van der Waals surface area contributed by atoms with E-state index in [0.29, 0.717) is 12.5 Å². The summed E-state index contributed by atoms with van der Waals surface area (Å²) >= 11 is 5.91. The standard InChI is InChI=1S/C15H20ClN3/c1-9(2)13(8-17)15-18-10(3)14(19-15)11-4-6-12(16)7-5-11/h4-7,9,13H,8,17H2,1-3H3,(H,18,19). The summed E-state index contributed by atoms with van der Waals surface area (Å²) in [6.07, 6.45) is 0. The van der Waals surface area contributed by atoms with Crippen molar-refractivity contribution in [2.45, 2.75) is 26.7 Å². The molecular formula is C15H20ClN3. The summed E-state index contributed by atoms with van der Waals surface area (Å²) in [6, 6.07) is 7.74. The molecular weight excluding hydrogens is 258 g/mol. The predicted molar refractivity (Wildman–Crippen MR) is 80.4 cm³/mol. The van der Waals surface area contributed by atoms with Crippen molar-refractivity contribution in [1.29, 1.82) is 0 Å². The van der Waals surface area contributed by atoms with Gasteiger partial charge < -0.3 is 10.7 Å². The van der Waals surface area contributed by atoms with Crippen LogP contribution >= 0.6 is 11.6 Å². The molecule has 3 nitrogen and oxygen atoms in total. The van der Waals surface area contributed by atoms with Crippen molar-refractivity contribution in [3.8, 4) is 11.3 Å². The Morgan fingerprint density at radius 2 is 1.89 bits per heavy atom. The van der Waals surface area contributed by atoms with Crippen LogP contribution in [-0.4, -0.2) is 16.5 Å². The summed E-state index contributed by atoms with van der Waals surface area (Å²) < 4.78 is 0. The van der Waals surface area contributed by atoms with Crippen LogP contribution in [-0.2, 0) is 0 Å². The Hall–Kier alpha value is -1.32. The van der Waals surface area contributed by atoms with E-state index in [4.69, 9.17) is 22.3 Å². The van der Waals surface area contributed by atoms with E-state index in [1.54, 1.807) is 0 Å². The molecule has 0 saturated carbocycles. The second kappa shape index (κ2) is 5.76. The maximum absolute atomic E-state index is 5.91. The van der Waals surface area contributed by atoms with E-state index in [-0.39, 0.29) is 5.92 Å². The number of aromatic amines is 1. The van der Waals surface area contributed by atoms with E-state index in [0.717, 1.165) is 27.8 Å². The van der Waals surface area contributed by atoms with Crippen LogP contribution in [0.4, 0.5) is 0 Å². The molecule has 1 atom stereocenters. The van der Waals surface area contributed by atoms with E-state index in [1.165, 1.54) is 0 Å². The SMILES string of the molecule is Cc1[nH]c(C(CN)C(C)C)nc1-c1ccc(Cl)cc1. The number of halogens is 1. The second-order valence-electron chi connectivity index (χ2n) is 5.19. The fourth-order valence-corrected chi connectivity index (χ4v) is 2.37. The van der Waals surface area contributed by atoms with Crippen LogP contribution in [0.3, 0.4) is 0 Å². The van der Waals surface area contributed by atoms with Gasteiger partial charge in [0, 0.05) is 28.7 Å². The van der Waals surface area contributed by atoms with Gasteiger partial charge in [-0.1, -0.05) is 37.6 Å². The normalized spacial score (nSPS) is 12.9. The third-order valence-corrected chi connectivity index (χ3v) is 3.68. The Morgan fingerprint density at radius 1 is 1.26 bits per heavy atom. The van der Waals surface area contributed by atoms with Crippen molar-refractivity contribution in [3.63, 3.8) is 0 Å². The van der Waals surface area contributed by atoms with Crippen LogP contribution in [0, 0.1) is 12.8 Å². The van der Waals surface area contributed by atoms with E-state index < -0.39 is 0 Å². The van der Waals surface area contributed by atoms with Crippen LogP contribution in [0.25, 0.3) is 11.3 Å². The molecule has 0 aliphatic heterocycles. The molecule has 102 valence electrons. The first-order valence-electron chi connectivity index (χ1n) is 6.55. The highest BCUT2D eigenvalue weighted by Gasteiger charge is 2.19. The molecule has 19 heavy (non-hydrogen) atoms. The molecule has 3 N–H and O–H groups in total. The Balaban J connectivity index is 2.38. The molecule has 0 aliphatic carbocycles. The summed E-state index contributed by atoms with van der Waals surface area (Å²) in [6.45, 7) is 6.97. The number of nitrogens with two attached hydrogens (primary N) is 1. The lowest BCUT2D eigenvalue weighted by molar-refractivity contribution is 0.487. The van der Waals surface area contributed by atoms with Gasteiger partial charge in [0.1, 0.15) is 5.82 Å². The van der Waals surface area contributed by atoms with Gasteiger partial charge in [0.15, 0.2) is 0 Å². The summed E-state index contributed by atoms with van der Waals surface area (Å²) in [5, 5.41) is 0.735. The van der Waals surface area contributed by atoms with Gasteiger partial charge in [0.05, 0.1) is 5.69 Å². The summed E-state index contributed by atoms with van der Waals surface area (Å²) in [5.41, 5.74) is 8.96. The van der Waals surface area contributed by atoms with Gasteiger partial charge >= 0.3 is 0 Å². The number of H-pyrrole nitrogens is 1. The highest BCUT2D eigenvalue weighted by Crippen LogP contribution is 2.27. The topological polar surface area (TPSA) is 54.7 Å². The minimum Gasteiger partial charge on any atom is -0.345 e. The fraction of sp³-hybridized carbons (Fsp3) is 0.400. The van der Waals surface area contributed by atoms with Crippen molar-refractivity contribution < 1.29 is 0 Å². The molecule has 0 bridgehead atoms. The number of imidazole rings is 1. The number of nitrogens with zero attached hydrogens (tertiary/aromatic N) is 1. The van der Waals surface area contributed by atoms with Crippen molar-refractivity contribution >= 4 is 11.6 Å². The lowest BCUT2D eigenvalue weighted by Crippen LogP contribution is -2.19. The largest absolute Gasteiger partial charge is 0.345 e. The third kappa shape index (κ3) is 2.99. The molecule has 4 heteroatoms. The third-order valence-electron chi connectivity index (χ3n) is 3.43. The lowest BCUT2D eigenvalue weighted by atomic mass is 9.95. The zero-order chi connectivity index (χ0) is 14.0. The Bertz CT molecular complexity index is 543. The Morgan fingerprint density at radius 3 is 2.42 bits per heavy atom. The van der Waals surface area contributed by atoms with Gasteiger partial charge in [-0.25, -0.2) is 4.98 Å². The average Bonchev–Trinajstić information content (AvgIpc) is 2.72. The Kier molecular flexibility index (Phi) is 4.27. The summed E-state index contributed by atoms with van der Waals surface area (Å²) in [7, 11) is 0. The first-order chi connectivity index (χ1) is 9.02. The molecule has 0 saturated heterocycles. The molecule has 0 aliphatic rings. The quantitative estimate of drug-likeness (QED) is 0.894. The number of aromatic nitrogens is 2. The molecule has 2 aromatic rings.